The lowest BCUT2D eigenvalue weighted by Gasteiger charge is -2.35. The second-order valence-electron chi connectivity index (χ2n) is 4.50. The Kier molecular flexibility index (Phi) is 5.05. The van der Waals surface area contributed by atoms with Gasteiger partial charge in [0.1, 0.15) is 0 Å². The van der Waals surface area contributed by atoms with E-state index in [0.717, 1.165) is 38.9 Å². The van der Waals surface area contributed by atoms with E-state index in [1.165, 1.54) is 0 Å². The summed E-state index contributed by atoms with van der Waals surface area (Å²) in [5.41, 5.74) is 5.31. The highest BCUT2D eigenvalue weighted by Crippen LogP contribution is 2.11. The number of ether oxygens (including phenoxy) is 1. The fourth-order valence-corrected chi connectivity index (χ4v) is 2.12. The zero-order valence-corrected chi connectivity index (χ0v) is 9.83. The minimum atomic E-state index is 0.304. The summed E-state index contributed by atoms with van der Waals surface area (Å²) < 4.78 is 5.67. The quantitative estimate of drug-likeness (QED) is 0.410. The van der Waals surface area contributed by atoms with Crippen LogP contribution in [0.4, 0.5) is 0 Å². The minimum absolute atomic E-state index is 0.304. The molecule has 0 bridgehead atoms. The first-order valence-corrected chi connectivity index (χ1v) is 5.78. The Bertz CT molecular complexity index is 198. The average molecular weight is 213 g/mol. The van der Waals surface area contributed by atoms with Gasteiger partial charge in [-0.15, -0.1) is 0 Å². The van der Waals surface area contributed by atoms with Gasteiger partial charge in [0, 0.05) is 19.5 Å². The third-order valence-corrected chi connectivity index (χ3v) is 2.67. The lowest BCUT2D eigenvalue weighted by molar-refractivity contribution is -0.0681. The molecule has 1 heterocycles. The molecule has 0 aromatic carbocycles. The van der Waals surface area contributed by atoms with Gasteiger partial charge in [-0.1, -0.05) is 0 Å². The molecule has 0 radical (unpaired) electrons. The number of morpholine rings is 1. The maximum absolute atomic E-state index is 7.13. The van der Waals surface area contributed by atoms with E-state index >= 15 is 0 Å². The van der Waals surface area contributed by atoms with Gasteiger partial charge < -0.3 is 10.5 Å². The van der Waals surface area contributed by atoms with Crippen molar-refractivity contribution in [3.63, 3.8) is 0 Å². The molecule has 0 saturated carbocycles. The van der Waals surface area contributed by atoms with Gasteiger partial charge in [-0.05, 0) is 33.2 Å². The molecule has 1 saturated heterocycles. The van der Waals surface area contributed by atoms with Crippen molar-refractivity contribution < 1.29 is 4.74 Å². The van der Waals surface area contributed by atoms with Crippen LogP contribution < -0.4 is 5.73 Å². The molecule has 2 atom stereocenters. The topological polar surface area (TPSA) is 62.3 Å². The van der Waals surface area contributed by atoms with Gasteiger partial charge in [0.2, 0.25) is 0 Å². The molecule has 0 aromatic heterocycles. The SMILES string of the molecule is C[C@@H]1CN(CCCCC(=N)N)C[C@H](C)O1. The van der Waals surface area contributed by atoms with Crippen LogP contribution in [0.5, 0.6) is 0 Å². The first-order valence-electron chi connectivity index (χ1n) is 5.78. The summed E-state index contributed by atoms with van der Waals surface area (Å²) >= 11 is 0. The molecule has 1 fully saturated rings. The number of nitrogens with zero attached hydrogens (tertiary/aromatic N) is 1. The number of nitrogens with two attached hydrogens (primary N) is 1. The van der Waals surface area contributed by atoms with Crippen molar-refractivity contribution in [2.24, 2.45) is 5.73 Å². The van der Waals surface area contributed by atoms with Gasteiger partial charge in [-0.25, -0.2) is 0 Å². The number of rotatable bonds is 5. The Hall–Kier alpha value is -0.610. The second-order valence-corrected chi connectivity index (χ2v) is 4.50. The van der Waals surface area contributed by atoms with Crippen LogP contribution in [0.2, 0.25) is 0 Å². The van der Waals surface area contributed by atoms with Crippen LogP contribution in [-0.4, -0.2) is 42.6 Å². The number of hydrogen-bond acceptors (Lipinski definition) is 3. The van der Waals surface area contributed by atoms with Gasteiger partial charge in [0.05, 0.1) is 18.0 Å². The van der Waals surface area contributed by atoms with Crippen molar-refractivity contribution in [1.29, 1.82) is 5.41 Å². The lowest BCUT2D eigenvalue weighted by atomic mass is 10.2. The Balaban J connectivity index is 2.12. The minimum Gasteiger partial charge on any atom is -0.388 e. The molecule has 15 heavy (non-hydrogen) atoms. The van der Waals surface area contributed by atoms with E-state index in [1.54, 1.807) is 0 Å². The fourth-order valence-electron chi connectivity index (χ4n) is 2.12. The summed E-state index contributed by atoms with van der Waals surface area (Å²) in [5.74, 6) is 0.304. The van der Waals surface area contributed by atoms with Crippen LogP contribution in [0.25, 0.3) is 0 Å². The average Bonchev–Trinajstić information content (AvgIpc) is 2.10. The molecule has 1 rings (SSSR count). The van der Waals surface area contributed by atoms with E-state index in [0.29, 0.717) is 18.0 Å². The highest BCUT2D eigenvalue weighted by Gasteiger charge is 2.21. The zero-order valence-electron chi connectivity index (χ0n) is 9.83. The van der Waals surface area contributed by atoms with Crippen molar-refractivity contribution >= 4 is 5.84 Å². The third kappa shape index (κ3) is 5.14. The van der Waals surface area contributed by atoms with Crippen LogP contribution in [-0.2, 0) is 4.74 Å². The molecular formula is C11H23N3O. The van der Waals surface area contributed by atoms with Crippen LogP contribution in [0.1, 0.15) is 33.1 Å². The first-order chi connectivity index (χ1) is 7.08. The van der Waals surface area contributed by atoms with E-state index in [-0.39, 0.29) is 0 Å². The summed E-state index contributed by atoms with van der Waals surface area (Å²) in [6.07, 6.45) is 3.58. The number of unbranched alkanes of at least 4 members (excludes halogenated alkanes) is 1. The number of nitrogens with one attached hydrogen (secondary N) is 1. The van der Waals surface area contributed by atoms with E-state index in [2.05, 4.69) is 18.7 Å². The normalized spacial score (nSPS) is 27.9. The zero-order chi connectivity index (χ0) is 11.3. The van der Waals surface area contributed by atoms with E-state index in [9.17, 15) is 0 Å². The predicted octanol–water partition coefficient (Wildman–Crippen LogP) is 1.20. The van der Waals surface area contributed by atoms with Crippen LogP contribution in [0, 0.1) is 5.41 Å². The standard InChI is InChI=1S/C11H23N3O/c1-9-7-14(8-10(2)15-9)6-4-3-5-11(12)13/h9-10H,3-8H2,1-2H3,(H3,12,13)/t9-,10+. The molecule has 3 N–H and O–H groups in total. The van der Waals surface area contributed by atoms with Gasteiger partial charge in [0.15, 0.2) is 0 Å². The van der Waals surface area contributed by atoms with E-state index in [1.807, 2.05) is 0 Å². The van der Waals surface area contributed by atoms with Crippen molar-refractivity contribution in [3.05, 3.63) is 0 Å². The smallest absolute Gasteiger partial charge is 0.0905 e. The molecule has 0 aliphatic carbocycles. The molecule has 0 unspecified atom stereocenters. The van der Waals surface area contributed by atoms with Gasteiger partial charge in [0.25, 0.3) is 0 Å². The summed E-state index contributed by atoms with van der Waals surface area (Å²) in [7, 11) is 0. The predicted molar refractivity (Wildman–Crippen MR) is 62.2 cm³/mol. The molecule has 4 nitrogen and oxygen atoms in total. The Morgan fingerprint density at radius 3 is 2.47 bits per heavy atom. The molecule has 0 aromatic rings. The molecule has 0 spiro atoms. The van der Waals surface area contributed by atoms with Crippen LogP contribution in [0.3, 0.4) is 0 Å². The second kappa shape index (κ2) is 6.08. The monoisotopic (exact) mass is 213 g/mol. The van der Waals surface area contributed by atoms with Crippen LogP contribution in [0.15, 0.2) is 0 Å². The molecule has 88 valence electrons. The van der Waals surface area contributed by atoms with Gasteiger partial charge in [-0.2, -0.15) is 0 Å². The van der Waals surface area contributed by atoms with E-state index in [4.69, 9.17) is 15.9 Å². The largest absolute Gasteiger partial charge is 0.388 e. The fraction of sp³-hybridized carbons (Fsp3) is 0.909. The summed E-state index contributed by atoms with van der Waals surface area (Å²) in [5, 5.41) is 7.13. The van der Waals surface area contributed by atoms with Crippen molar-refractivity contribution in [2.75, 3.05) is 19.6 Å². The van der Waals surface area contributed by atoms with Crippen LogP contribution >= 0.6 is 0 Å². The molecule has 1 aliphatic rings. The Labute approximate surface area is 92.3 Å². The molecule has 1 aliphatic heterocycles. The first kappa shape index (κ1) is 12.5. The highest BCUT2D eigenvalue weighted by molar-refractivity contribution is 5.76. The summed E-state index contributed by atoms with van der Waals surface area (Å²) in [4.78, 5) is 2.44. The van der Waals surface area contributed by atoms with Crippen molar-refractivity contribution in [1.82, 2.24) is 4.90 Å². The van der Waals surface area contributed by atoms with Gasteiger partial charge >= 0.3 is 0 Å². The molecule has 0 amide bonds. The number of hydrogen-bond donors (Lipinski definition) is 2. The molecular weight excluding hydrogens is 190 g/mol. The lowest BCUT2D eigenvalue weighted by Crippen LogP contribution is -2.45. The van der Waals surface area contributed by atoms with Crippen molar-refractivity contribution in [2.45, 2.75) is 45.3 Å². The Morgan fingerprint density at radius 1 is 1.33 bits per heavy atom. The summed E-state index contributed by atoms with van der Waals surface area (Å²) in [6, 6.07) is 0. The molecule has 4 heteroatoms. The maximum Gasteiger partial charge on any atom is 0.0905 e. The van der Waals surface area contributed by atoms with E-state index < -0.39 is 0 Å². The summed E-state index contributed by atoms with van der Waals surface area (Å²) in [6.45, 7) is 7.41. The number of amidine groups is 1. The maximum atomic E-state index is 7.13. The highest BCUT2D eigenvalue weighted by atomic mass is 16.5. The third-order valence-electron chi connectivity index (χ3n) is 2.67. The van der Waals surface area contributed by atoms with Crippen molar-refractivity contribution in [3.8, 4) is 0 Å². The Morgan fingerprint density at radius 2 is 1.93 bits per heavy atom. The van der Waals surface area contributed by atoms with Gasteiger partial charge in [-0.3, -0.25) is 10.3 Å².